The van der Waals surface area contributed by atoms with Crippen molar-refractivity contribution < 1.29 is 18.3 Å². The van der Waals surface area contributed by atoms with E-state index >= 15 is 0 Å². The number of methoxy groups -OCH3 is 1. The number of hydrogen-bond acceptors (Lipinski definition) is 3. The van der Waals surface area contributed by atoms with E-state index in [9.17, 15) is 9.00 Å². The molecule has 1 unspecified atom stereocenters. The zero-order valence-corrected chi connectivity index (χ0v) is 9.84. The van der Waals surface area contributed by atoms with Gasteiger partial charge in [-0.05, 0) is 17.7 Å². The van der Waals surface area contributed by atoms with Crippen LogP contribution in [0.3, 0.4) is 0 Å². The molecule has 16 heavy (non-hydrogen) atoms. The van der Waals surface area contributed by atoms with Gasteiger partial charge in [-0.15, -0.1) is 0 Å². The fourth-order valence-corrected chi connectivity index (χ4v) is 1.77. The van der Waals surface area contributed by atoms with E-state index in [2.05, 4.69) is 5.32 Å². The second-order valence-corrected chi connectivity index (χ2v) is 4.08. The van der Waals surface area contributed by atoms with Gasteiger partial charge >= 0.3 is 0 Å². The highest BCUT2D eigenvalue weighted by Gasteiger charge is 2.09. The van der Waals surface area contributed by atoms with Crippen LogP contribution in [-0.2, 0) is 22.4 Å². The summed E-state index contributed by atoms with van der Waals surface area (Å²) in [5.41, 5.74) is 0.744. The fraction of sp³-hybridized carbons (Fsp3) is 0.300. The van der Waals surface area contributed by atoms with E-state index in [1.54, 1.807) is 12.1 Å². The predicted molar refractivity (Wildman–Crippen MR) is 59.6 cm³/mol. The monoisotopic (exact) mass is 243 g/mol. The molecule has 0 aliphatic rings. The van der Waals surface area contributed by atoms with Crippen molar-refractivity contribution in [2.45, 2.75) is 18.4 Å². The van der Waals surface area contributed by atoms with Crippen LogP contribution >= 0.6 is 0 Å². The number of carbonyl (C=O) groups excluding carboxylic acids is 1. The third-order valence-corrected chi connectivity index (χ3v) is 2.65. The lowest BCUT2D eigenvalue weighted by Crippen LogP contribution is -2.19. The first-order valence-electron chi connectivity index (χ1n) is 4.57. The van der Waals surface area contributed by atoms with Crippen molar-refractivity contribution >= 4 is 17.0 Å². The van der Waals surface area contributed by atoms with Gasteiger partial charge in [-0.2, -0.15) is 0 Å². The lowest BCUT2D eigenvalue weighted by Gasteiger charge is -2.08. The summed E-state index contributed by atoms with van der Waals surface area (Å²) in [6.45, 7) is 1.73. The summed E-state index contributed by atoms with van der Waals surface area (Å²) in [5, 5.41) is 2.61. The van der Waals surface area contributed by atoms with Crippen molar-refractivity contribution in [2.75, 3.05) is 7.11 Å². The first-order valence-corrected chi connectivity index (χ1v) is 5.67. The summed E-state index contributed by atoms with van der Waals surface area (Å²) >= 11 is -2.10. The quantitative estimate of drug-likeness (QED) is 0.771. The van der Waals surface area contributed by atoms with Gasteiger partial charge in [0.1, 0.15) is 10.6 Å². The molecule has 0 aromatic heterocycles. The van der Waals surface area contributed by atoms with Gasteiger partial charge in [-0.3, -0.25) is 4.79 Å². The number of rotatable bonds is 4. The smallest absolute Gasteiger partial charge is 0.217 e. The van der Waals surface area contributed by atoms with Crippen LogP contribution in [0, 0.1) is 0 Å². The van der Waals surface area contributed by atoms with Crippen molar-refractivity contribution in [3.05, 3.63) is 23.8 Å². The van der Waals surface area contributed by atoms with E-state index in [-0.39, 0.29) is 10.8 Å². The summed E-state index contributed by atoms with van der Waals surface area (Å²) in [6.07, 6.45) is 0. The van der Waals surface area contributed by atoms with E-state index in [1.165, 1.54) is 20.1 Å². The Balaban J connectivity index is 2.93. The van der Waals surface area contributed by atoms with Crippen molar-refractivity contribution in [2.24, 2.45) is 0 Å². The average Bonchev–Trinajstić information content (AvgIpc) is 2.25. The Bertz CT molecular complexity index is 419. The average molecular weight is 243 g/mol. The minimum atomic E-state index is -2.10. The lowest BCUT2D eigenvalue weighted by molar-refractivity contribution is -0.119. The molecule has 6 heteroatoms. The Morgan fingerprint density at radius 2 is 2.25 bits per heavy atom. The van der Waals surface area contributed by atoms with Gasteiger partial charge in [0.05, 0.1) is 7.11 Å². The van der Waals surface area contributed by atoms with Crippen LogP contribution in [0.5, 0.6) is 5.75 Å². The van der Waals surface area contributed by atoms with Gasteiger partial charge in [0, 0.05) is 13.5 Å². The minimum Gasteiger partial charge on any atom is -0.495 e. The molecule has 0 aliphatic carbocycles. The number of ether oxygens (including phenoxy) is 1. The fourth-order valence-electron chi connectivity index (χ4n) is 1.19. The Labute approximate surface area is 96.1 Å². The van der Waals surface area contributed by atoms with Crippen LogP contribution in [-0.4, -0.2) is 21.8 Å². The molecule has 0 heterocycles. The Kier molecular flexibility index (Phi) is 4.45. The molecule has 0 saturated heterocycles. The normalized spacial score (nSPS) is 11.9. The molecule has 0 fully saturated rings. The lowest BCUT2D eigenvalue weighted by atomic mass is 10.2. The summed E-state index contributed by atoms with van der Waals surface area (Å²) in [6, 6.07) is 4.86. The van der Waals surface area contributed by atoms with Crippen molar-refractivity contribution in [3.8, 4) is 5.75 Å². The number of benzene rings is 1. The molecule has 0 spiro atoms. The van der Waals surface area contributed by atoms with E-state index in [0.717, 1.165) is 5.56 Å². The van der Waals surface area contributed by atoms with Crippen molar-refractivity contribution in [1.82, 2.24) is 5.32 Å². The van der Waals surface area contributed by atoms with E-state index < -0.39 is 11.1 Å². The van der Waals surface area contributed by atoms with Gasteiger partial charge < -0.3 is 14.6 Å². The SMILES string of the molecule is COc1ccc(CNC(C)=O)cc1S(=O)O. The standard InChI is InChI=1S/C10H13NO4S/c1-7(12)11-6-8-3-4-9(15-2)10(5-8)16(13)14/h3-5H,6H2,1-2H3,(H,11,12)(H,13,14). The maximum absolute atomic E-state index is 11.0. The summed E-state index contributed by atoms with van der Waals surface area (Å²) < 4.78 is 25.0. The predicted octanol–water partition coefficient (Wildman–Crippen LogP) is 0.912. The molecule has 0 aliphatic heterocycles. The number of nitrogens with one attached hydrogen (secondary N) is 1. The van der Waals surface area contributed by atoms with Gasteiger partial charge in [0.15, 0.2) is 11.1 Å². The Morgan fingerprint density at radius 1 is 1.56 bits per heavy atom. The zero-order valence-electron chi connectivity index (χ0n) is 9.02. The van der Waals surface area contributed by atoms with Crippen molar-refractivity contribution in [3.63, 3.8) is 0 Å². The van der Waals surface area contributed by atoms with E-state index in [0.29, 0.717) is 12.3 Å². The molecule has 2 N–H and O–H groups in total. The van der Waals surface area contributed by atoms with Gasteiger partial charge in [0.2, 0.25) is 5.91 Å². The van der Waals surface area contributed by atoms with E-state index in [1.807, 2.05) is 0 Å². The third-order valence-electron chi connectivity index (χ3n) is 1.96. The third kappa shape index (κ3) is 3.32. The number of hydrogen-bond donors (Lipinski definition) is 2. The van der Waals surface area contributed by atoms with Crippen LogP contribution in [0.4, 0.5) is 0 Å². The van der Waals surface area contributed by atoms with Gasteiger partial charge in [-0.1, -0.05) is 6.07 Å². The summed E-state index contributed by atoms with van der Waals surface area (Å²) in [5.74, 6) is 0.204. The largest absolute Gasteiger partial charge is 0.495 e. The highest BCUT2D eigenvalue weighted by molar-refractivity contribution is 7.79. The second kappa shape index (κ2) is 5.62. The minimum absolute atomic E-state index is 0.150. The highest BCUT2D eigenvalue weighted by atomic mass is 32.2. The van der Waals surface area contributed by atoms with Crippen LogP contribution in [0.15, 0.2) is 23.1 Å². The molecule has 0 saturated carbocycles. The molecule has 0 radical (unpaired) electrons. The number of amides is 1. The van der Waals surface area contributed by atoms with Gasteiger partial charge in [0.25, 0.3) is 0 Å². The van der Waals surface area contributed by atoms with Crippen LogP contribution in [0.1, 0.15) is 12.5 Å². The molecule has 88 valence electrons. The molecule has 1 atom stereocenters. The molecule has 5 nitrogen and oxygen atoms in total. The van der Waals surface area contributed by atoms with Crippen LogP contribution in [0.25, 0.3) is 0 Å². The van der Waals surface area contributed by atoms with Crippen LogP contribution < -0.4 is 10.1 Å². The maximum Gasteiger partial charge on any atom is 0.217 e. The zero-order chi connectivity index (χ0) is 12.1. The highest BCUT2D eigenvalue weighted by Crippen LogP contribution is 2.22. The molecular weight excluding hydrogens is 230 g/mol. The summed E-state index contributed by atoms with van der Waals surface area (Å²) in [7, 11) is 1.43. The summed E-state index contributed by atoms with van der Waals surface area (Å²) in [4.78, 5) is 10.9. The van der Waals surface area contributed by atoms with Crippen LogP contribution in [0.2, 0.25) is 0 Å². The molecule has 1 aromatic carbocycles. The van der Waals surface area contributed by atoms with Crippen molar-refractivity contribution in [1.29, 1.82) is 0 Å². The molecule has 1 aromatic rings. The second-order valence-electron chi connectivity index (χ2n) is 3.14. The molecule has 1 amide bonds. The first-order chi connectivity index (χ1) is 7.54. The Morgan fingerprint density at radius 3 is 2.75 bits per heavy atom. The van der Waals surface area contributed by atoms with E-state index in [4.69, 9.17) is 9.29 Å². The maximum atomic E-state index is 11.0. The molecule has 1 rings (SSSR count). The molecule has 0 bridgehead atoms. The van der Waals surface area contributed by atoms with Gasteiger partial charge in [-0.25, -0.2) is 4.21 Å². The number of carbonyl (C=O) groups is 1. The first kappa shape index (κ1) is 12.7. The topological polar surface area (TPSA) is 75.6 Å². The molecular formula is C10H13NO4S. The Hall–Kier alpha value is -1.40.